The number of likely N-dealkylation sites (N-methyl/N-ethyl adjacent to an activating group) is 1. The van der Waals surface area contributed by atoms with Crippen molar-refractivity contribution in [3.05, 3.63) is 57.4 Å². The largest absolute Gasteiger partial charge is 0.493 e. The van der Waals surface area contributed by atoms with Gasteiger partial charge in [0.15, 0.2) is 0 Å². The SMILES string of the molecule is CNC(=O)Cc1ccc2nc(CCCOc3ccc([N+](=O)[O-])c(N4CCCCC4)c3C)[nH]c2c1. The number of ether oxygens (including phenoxy) is 1. The number of piperidine rings is 1. The molecule has 34 heavy (non-hydrogen) atoms. The van der Waals surface area contributed by atoms with Crippen LogP contribution in [0.25, 0.3) is 11.0 Å². The highest BCUT2D eigenvalue weighted by Crippen LogP contribution is 2.38. The van der Waals surface area contributed by atoms with E-state index in [9.17, 15) is 14.9 Å². The zero-order valence-electron chi connectivity index (χ0n) is 19.7. The maximum Gasteiger partial charge on any atom is 0.293 e. The predicted molar refractivity (Wildman–Crippen MR) is 132 cm³/mol. The molecule has 4 rings (SSSR count). The Kier molecular flexibility index (Phi) is 7.30. The van der Waals surface area contributed by atoms with Crippen molar-refractivity contribution < 1.29 is 14.5 Å². The molecule has 1 fully saturated rings. The minimum atomic E-state index is -0.303. The number of hydrogen-bond donors (Lipinski definition) is 2. The first-order chi connectivity index (χ1) is 16.5. The fourth-order valence-corrected chi connectivity index (χ4v) is 4.52. The molecule has 0 aliphatic carbocycles. The zero-order valence-corrected chi connectivity index (χ0v) is 19.7. The van der Waals surface area contributed by atoms with Gasteiger partial charge in [-0.25, -0.2) is 4.98 Å². The second kappa shape index (κ2) is 10.5. The molecule has 2 N–H and O–H groups in total. The summed E-state index contributed by atoms with van der Waals surface area (Å²) in [6.45, 7) is 4.06. The van der Waals surface area contributed by atoms with Crippen molar-refractivity contribution in [1.29, 1.82) is 0 Å². The monoisotopic (exact) mass is 465 g/mol. The molecule has 2 aromatic carbocycles. The number of rotatable bonds is 9. The minimum Gasteiger partial charge on any atom is -0.493 e. The van der Waals surface area contributed by atoms with E-state index < -0.39 is 0 Å². The summed E-state index contributed by atoms with van der Waals surface area (Å²) in [5.41, 5.74) is 4.37. The second-order valence-electron chi connectivity index (χ2n) is 8.70. The van der Waals surface area contributed by atoms with Gasteiger partial charge in [0.25, 0.3) is 5.69 Å². The van der Waals surface area contributed by atoms with Crippen molar-refractivity contribution in [2.45, 2.75) is 45.4 Å². The van der Waals surface area contributed by atoms with Crippen LogP contribution in [0.15, 0.2) is 30.3 Å². The van der Waals surface area contributed by atoms with E-state index in [1.54, 1.807) is 19.2 Å². The summed E-state index contributed by atoms with van der Waals surface area (Å²) in [5.74, 6) is 1.53. The molecule has 0 spiro atoms. The molecule has 1 amide bonds. The van der Waals surface area contributed by atoms with E-state index in [1.165, 1.54) is 0 Å². The summed E-state index contributed by atoms with van der Waals surface area (Å²) in [5, 5.41) is 14.3. The van der Waals surface area contributed by atoms with Crippen LogP contribution >= 0.6 is 0 Å². The molecule has 1 saturated heterocycles. The van der Waals surface area contributed by atoms with Crippen LogP contribution in [-0.4, -0.2) is 47.5 Å². The summed E-state index contributed by atoms with van der Waals surface area (Å²) >= 11 is 0. The Labute approximate surface area is 198 Å². The lowest BCUT2D eigenvalue weighted by molar-refractivity contribution is -0.384. The number of anilines is 1. The molecule has 1 aromatic heterocycles. The highest BCUT2D eigenvalue weighted by molar-refractivity contribution is 5.81. The maximum absolute atomic E-state index is 11.6. The van der Waals surface area contributed by atoms with Crippen molar-refractivity contribution in [2.24, 2.45) is 0 Å². The van der Waals surface area contributed by atoms with Crippen molar-refractivity contribution in [3.8, 4) is 5.75 Å². The number of nitrogens with zero attached hydrogens (tertiary/aromatic N) is 3. The summed E-state index contributed by atoms with van der Waals surface area (Å²) in [6, 6.07) is 9.06. The number of H-pyrrole nitrogens is 1. The zero-order chi connectivity index (χ0) is 24.1. The minimum absolute atomic E-state index is 0.0266. The molecule has 2 heterocycles. The average Bonchev–Trinajstić information content (AvgIpc) is 3.24. The molecule has 0 bridgehead atoms. The van der Waals surface area contributed by atoms with E-state index >= 15 is 0 Å². The van der Waals surface area contributed by atoms with Crippen LogP contribution in [0, 0.1) is 17.0 Å². The van der Waals surface area contributed by atoms with Gasteiger partial charge in [0.05, 0.1) is 29.0 Å². The molecular weight excluding hydrogens is 434 g/mol. The molecule has 180 valence electrons. The highest BCUT2D eigenvalue weighted by atomic mass is 16.6. The maximum atomic E-state index is 11.6. The number of benzene rings is 2. The van der Waals surface area contributed by atoms with Crippen LogP contribution in [0.5, 0.6) is 5.75 Å². The van der Waals surface area contributed by atoms with Gasteiger partial charge in [-0.3, -0.25) is 14.9 Å². The number of aromatic amines is 1. The van der Waals surface area contributed by atoms with Gasteiger partial charge in [0.2, 0.25) is 5.91 Å². The molecule has 9 nitrogen and oxygen atoms in total. The number of fused-ring (bicyclic) bond motifs is 1. The number of aryl methyl sites for hydroxylation is 1. The van der Waals surface area contributed by atoms with E-state index in [-0.39, 0.29) is 16.5 Å². The van der Waals surface area contributed by atoms with Gasteiger partial charge in [0, 0.05) is 38.2 Å². The van der Waals surface area contributed by atoms with Crippen molar-refractivity contribution in [2.75, 3.05) is 31.6 Å². The first-order valence-electron chi connectivity index (χ1n) is 11.8. The summed E-state index contributed by atoms with van der Waals surface area (Å²) in [6.07, 6.45) is 5.06. The van der Waals surface area contributed by atoms with Crippen LogP contribution in [0.2, 0.25) is 0 Å². The van der Waals surface area contributed by atoms with Crippen LogP contribution in [-0.2, 0) is 17.6 Å². The third-order valence-corrected chi connectivity index (χ3v) is 6.28. The molecular formula is C25H31N5O4. The predicted octanol–water partition coefficient (Wildman–Crippen LogP) is 4.07. The van der Waals surface area contributed by atoms with Gasteiger partial charge < -0.3 is 19.9 Å². The van der Waals surface area contributed by atoms with Crippen LogP contribution < -0.4 is 15.0 Å². The van der Waals surface area contributed by atoms with E-state index in [0.29, 0.717) is 30.9 Å². The topological polar surface area (TPSA) is 113 Å². The molecule has 3 aromatic rings. The van der Waals surface area contributed by atoms with E-state index in [4.69, 9.17) is 4.74 Å². The van der Waals surface area contributed by atoms with Gasteiger partial charge in [-0.2, -0.15) is 0 Å². The van der Waals surface area contributed by atoms with E-state index in [0.717, 1.165) is 66.8 Å². The van der Waals surface area contributed by atoms with Crippen LogP contribution in [0.1, 0.15) is 42.6 Å². The highest BCUT2D eigenvalue weighted by Gasteiger charge is 2.25. The molecule has 1 aliphatic rings. The Morgan fingerprint density at radius 1 is 1.24 bits per heavy atom. The first kappa shape index (κ1) is 23.5. The molecule has 0 saturated carbocycles. The van der Waals surface area contributed by atoms with Gasteiger partial charge >= 0.3 is 0 Å². The number of hydrogen-bond acceptors (Lipinski definition) is 6. The molecule has 1 aliphatic heterocycles. The molecule has 9 heteroatoms. The summed E-state index contributed by atoms with van der Waals surface area (Å²) in [4.78, 5) is 33.0. The van der Waals surface area contributed by atoms with E-state index in [1.807, 2.05) is 25.1 Å². The Morgan fingerprint density at radius 3 is 2.76 bits per heavy atom. The normalized spacial score (nSPS) is 13.8. The van der Waals surface area contributed by atoms with Gasteiger partial charge in [-0.1, -0.05) is 6.07 Å². The number of nitro benzene ring substituents is 1. The lowest BCUT2D eigenvalue weighted by Crippen LogP contribution is -2.30. The van der Waals surface area contributed by atoms with Crippen molar-refractivity contribution in [1.82, 2.24) is 15.3 Å². The molecule has 0 radical (unpaired) electrons. The first-order valence-corrected chi connectivity index (χ1v) is 11.8. The number of carbonyl (C=O) groups excluding carboxylic acids is 1. The number of aromatic nitrogens is 2. The Hall–Kier alpha value is -3.62. The lowest BCUT2D eigenvalue weighted by atomic mass is 10.1. The smallest absolute Gasteiger partial charge is 0.293 e. The summed E-state index contributed by atoms with van der Waals surface area (Å²) in [7, 11) is 1.63. The Morgan fingerprint density at radius 2 is 2.03 bits per heavy atom. The van der Waals surface area contributed by atoms with Gasteiger partial charge in [-0.05, 0) is 56.4 Å². The molecule has 0 unspecified atom stereocenters. The lowest BCUT2D eigenvalue weighted by Gasteiger charge is -2.30. The average molecular weight is 466 g/mol. The van der Waals surface area contributed by atoms with Gasteiger partial charge in [0.1, 0.15) is 17.3 Å². The number of carbonyl (C=O) groups is 1. The standard InChI is InChI=1S/C25H31N5O4/c1-17-22(11-10-21(30(32)33)25(17)29-12-4-3-5-13-29)34-14-6-7-23-27-19-9-8-18(15-20(19)28-23)16-24(31)26-2/h8-11,15H,3-7,12-14,16H2,1-2H3,(H,26,31)(H,27,28). The van der Waals surface area contributed by atoms with Crippen molar-refractivity contribution in [3.63, 3.8) is 0 Å². The quantitative estimate of drug-likeness (QED) is 0.280. The Balaban J connectivity index is 1.39. The number of nitro groups is 1. The number of imidazole rings is 1. The van der Waals surface area contributed by atoms with Crippen LogP contribution in [0.4, 0.5) is 11.4 Å². The Bertz CT molecular complexity index is 1180. The van der Waals surface area contributed by atoms with Gasteiger partial charge in [-0.15, -0.1) is 0 Å². The molecule has 0 atom stereocenters. The summed E-state index contributed by atoms with van der Waals surface area (Å²) < 4.78 is 6.04. The third-order valence-electron chi connectivity index (χ3n) is 6.28. The fraction of sp³-hybridized carbons (Fsp3) is 0.440. The number of amides is 1. The van der Waals surface area contributed by atoms with E-state index in [2.05, 4.69) is 20.2 Å². The van der Waals surface area contributed by atoms with Crippen LogP contribution in [0.3, 0.4) is 0 Å². The second-order valence-corrected chi connectivity index (χ2v) is 8.70. The third kappa shape index (κ3) is 5.30. The number of nitrogens with one attached hydrogen (secondary N) is 2. The fourth-order valence-electron chi connectivity index (χ4n) is 4.52. The van der Waals surface area contributed by atoms with Crippen molar-refractivity contribution >= 4 is 28.3 Å².